The molecule has 0 aliphatic rings. The van der Waals surface area contributed by atoms with Gasteiger partial charge in [0.15, 0.2) is 0 Å². The predicted octanol–water partition coefficient (Wildman–Crippen LogP) is 2.17. The van der Waals surface area contributed by atoms with Gasteiger partial charge in [0.05, 0.1) is 26.4 Å². The molecule has 0 spiro atoms. The number of unbranched alkanes of at least 4 members (excludes halogenated alkanes) is 5. The van der Waals surface area contributed by atoms with Crippen LogP contribution in [-0.2, 0) is 42.3 Å². The third-order valence-corrected chi connectivity index (χ3v) is 4.26. The smallest absolute Gasteiger partial charge is 0.318 e. The molecule has 0 radical (unpaired) electrons. The SMILES string of the molecule is CC(C)OCCOC(=O)Cc1[nH]cc[n+]1C.CCCCCCCCOS(=O)(=O)[O-]. The molecule has 1 heterocycles. The molecule has 0 atom stereocenters. The van der Waals surface area contributed by atoms with Gasteiger partial charge in [0.2, 0.25) is 10.4 Å². The summed E-state index contributed by atoms with van der Waals surface area (Å²) in [5.41, 5.74) is 0. The van der Waals surface area contributed by atoms with Crippen molar-refractivity contribution < 1.29 is 36.0 Å². The number of hydrogen-bond donors (Lipinski definition) is 1. The lowest BCUT2D eigenvalue weighted by atomic mass is 10.1. The quantitative estimate of drug-likeness (QED) is 0.156. The minimum Gasteiger partial charge on any atom is -0.726 e. The van der Waals surface area contributed by atoms with Crippen LogP contribution in [0.4, 0.5) is 0 Å². The first-order chi connectivity index (χ1) is 13.7. The highest BCUT2D eigenvalue weighted by Gasteiger charge is 2.13. The maximum Gasteiger partial charge on any atom is 0.318 e. The zero-order valence-corrected chi connectivity index (χ0v) is 18.8. The topological polar surface area (TPSA) is 122 Å². The number of carbonyl (C=O) groups excluding carboxylic acids is 1. The molecule has 0 unspecified atom stereocenters. The average molecular weight is 437 g/mol. The minimum atomic E-state index is -4.47. The van der Waals surface area contributed by atoms with E-state index in [0.29, 0.717) is 19.6 Å². The van der Waals surface area contributed by atoms with Gasteiger partial charge in [-0.15, -0.1) is 0 Å². The Hall–Kier alpha value is -1.49. The summed E-state index contributed by atoms with van der Waals surface area (Å²) in [7, 11) is -2.60. The molecule has 1 N–H and O–H groups in total. The van der Waals surface area contributed by atoms with Crippen LogP contribution in [0.3, 0.4) is 0 Å². The second-order valence-corrected chi connectivity index (χ2v) is 7.88. The van der Waals surface area contributed by atoms with Gasteiger partial charge in [-0.25, -0.2) is 18.0 Å². The monoisotopic (exact) mass is 436 g/mol. The second kappa shape index (κ2) is 16.3. The van der Waals surface area contributed by atoms with Gasteiger partial charge in [-0.05, 0) is 20.3 Å². The standard InChI is InChI=1S/C11H18N2O3.C8H18O4S/c1-9(2)15-6-7-16-11(14)8-10-12-4-5-13(10)3;1-2-3-4-5-6-7-8-12-13(9,10)11/h4-5,9H,6-8H2,1-3H3;2-8H2,1H3,(H,9,10,11). The van der Waals surface area contributed by atoms with Crippen molar-refractivity contribution in [1.82, 2.24) is 4.98 Å². The van der Waals surface area contributed by atoms with Gasteiger partial charge in [-0.3, -0.25) is 8.98 Å². The predicted molar refractivity (Wildman–Crippen MR) is 107 cm³/mol. The van der Waals surface area contributed by atoms with E-state index >= 15 is 0 Å². The number of hydrogen-bond acceptors (Lipinski definition) is 7. The van der Waals surface area contributed by atoms with Gasteiger partial charge in [0, 0.05) is 0 Å². The van der Waals surface area contributed by atoms with Crippen LogP contribution in [0.2, 0.25) is 0 Å². The number of aromatic nitrogens is 2. The lowest BCUT2D eigenvalue weighted by Gasteiger charge is -2.07. The fraction of sp³-hybridized carbons (Fsp3) is 0.789. The number of imidazole rings is 1. The first-order valence-corrected chi connectivity index (χ1v) is 11.4. The minimum absolute atomic E-state index is 0.0258. The Balaban J connectivity index is 0.000000555. The Morgan fingerprint density at radius 3 is 2.34 bits per heavy atom. The Morgan fingerprint density at radius 1 is 1.14 bits per heavy atom. The van der Waals surface area contributed by atoms with Crippen molar-refractivity contribution in [3.63, 3.8) is 0 Å². The molecule has 9 nitrogen and oxygen atoms in total. The number of rotatable bonds is 14. The number of esters is 1. The maximum atomic E-state index is 11.4. The van der Waals surface area contributed by atoms with Crippen LogP contribution < -0.4 is 4.57 Å². The normalized spacial score (nSPS) is 11.2. The Bertz CT molecular complexity index is 645. The van der Waals surface area contributed by atoms with E-state index < -0.39 is 10.4 Å². The first-order valence-electron chi connectivity index (χ1n) is 10.0. The molecule has 0 saturated heterocycles. The van der Waals surface area contributed by atoms with Crippen molar-refractivity contribution in [3.8, 4) is 0 Å². The molecule has 0 aliphatic carbocycles. The number of nitrogens with zero attached hydrogens (tertiary/aromatic N) is 1. The Labute approximate surface area is 174 Å². The van der Waals surface area contributed by atoms with Crippen LogP contribution >= 0.6 is 0 Å². The van der Waals surface area contributed by atoms with Gasteiger partial charge < -0.3 is 14.0 Å². The van der Waals surface area contributed by atoms with E-state index in [1.54, 1.807) is 6.20 Å². The van der Waals surface area contributed by atoms with Crippen LogP contribution in [0.15, 0.2) is 12.4 Å². The van der Waals surface area contributed by atoms with E-state index in [1.165, 1.54) is 19.3 Å². The van der Waals surface area contributed by atoms with Crippen LogP contribution in [-0.4, -0.2) is 49.8 Å². The molecule has 10 heteroatoms. The average Bonchev–Trinajstić information content (AvgIpc) is 3.02. The summed E-state index contributed by atoms with van der Waals surface area (Å²) < 4.78 is 46.2. The molecule has 1 rings (SSSR count). The molecular formula is C19H36N2O7S. The molecular weight excluding hydrogens is 400 g/mol. The summed E-state index contributed by atoms with van der Waals surface area (Å²) in [5, 5.41) is 0. The summed E-state index contributed by atoms with van der Waals surface area (Å²) in [4.78, 5) is 14.4. The molecule has 170 valence electrons. The summed E-state index contributed by atoms with van der Waals surface area (Å²) in [6.45, 7) is 6.80. The van der Waals surface area contributed by atoms with Crippen LogP contribution in [0.5, 0.6) is 0 Å². The summed E-state index contributed by atoms with van der Waals surface area (Å²) in [6, 6.07) is 0. The van der Waals surface area contributed by atoms with Crippen molar-refractivity contribution in [1.29, 1.82) is 0 Å². The summed E-state index contributed by atoms with van der Waals surface area (Å²) in [6.07, 6.45) is 10.3. The molecule has 0 aromatic carbocycles. The highest BCUT2D eigenvalue weighted by Crippen LogP contribution is 2.05. The van der Waals surface area contributed by atoms with Crippen LogP contribution in [0.1, 0.15) is 65.1 Å². The van der Waals surface area contributed by atoms with Gasteiger partial charge in [0.25, 0.3) is 5.82 Å². The van der Waals surface area contributed by atoms with Crippen molar-refractivity contribution in [2.45, 2.75) is 71.8 Å². The van der Waals surface area contributed by atoms with E-state index in [9.17, 15) is 17.8 Å². The van der Waals surface area contributed by atoms with Gasteiger partial charge in [0.1, 0.15) is 25.4 Å². The van der Waals surface area contributed by atoms with E-state index in [4.69, 9.17) is 9.47 Å². The van der Waals surface area contributed by atoms with Gasteiger partial charge in [-0.2, -0.15) is 0 Å². The van der Waals surface area contributed by atoms with E-state index in [2.05, 4.69) is 16.1 Å². The molecule has 29 heavy (non-hydrogen) atoms. The zero-order valence-electron chi connectivity index (χ0n) is 18.0. The van der Waals surface area contributed by atoms with Crippen molar-refractivity contribution in [3.05, 3.63) is 18.2 Å². The third kappa shape index (κ3) is 18.3. The fourth-order valence-electron chi connectivity index (χ4n) is 2.28. The number of aryl methyl sites for hydroxylation is 1. The number of aromatic amines is 1. The van der Waals surface area contributed by atoms with Crippen molar-refractivity contribution >= 4 is 16.4 Å². The number of H-pyrrole nitrogens is 1. The largest absolute Gasteiger partial charge is 0.726 e. The summed E-state index contributed by atoms with van der Waals surface area (Å²) >= 11 is 0. The van der Waals surface area contributed by atoms with E-state index in [0.717, 1.165) is 18.7 Å². The first kappa shape index (κ1) is 27.5. The van der Waals surface area contributed by atoms with Crippen molar-refractivity contribution in [2.24, 2.45) is 7.05 Å². The van der Waals surface area contributed by atoms with Crippen LogP contribution in [0, 0.1) is 0 Å². The number of nitrogens with one attached hydrogen (secondary N) is 1. The lowest BCUT2D eigenvalue weighted by Crippen LogP contribution is -2.32. The molecule has 0 saturated carbocycles. The highest BCUT2D eigenvalue weighted by molar-refractivity contribution is 7.80. The highest BCUT2D eigenvalue weighted by atomic mass is 32.3. The van der Waals surface area contributed by atoms with Gasteiger partial charge >= 0.3 is 5.97 Å². The molecule has 0 fully saturated rings. The van der Waals surface area contributed by atoms with Crippen LogP contribution in [0.25, 0.3) is 0 Å². The molecule has 0 amide bonds. The lowest BCUT2D eigenvalue weighted by molar-refractivity contribution is -0.677. The van der Waals surface area contributed by atoms with E-state index in [1.807, 2.05) is 31.7 Å². The third-order valence-electron chi connectivity index (χ3n) is 3.81. The van der Waals surface area contributed by atoms with E-state index in [-0.39, 0.29) is 25.1 Å². The molecule has 0 aliphatic heterocycles. The molecule has 1 aromatic rings. The van der Waals surface area contributed by atoms with Gasteiger partial charge in [-0.1, -0.05) is 39.0 Å². The zero-order chi connectivity index (χ0) is 22.1. The second-order valence-electron chi connectivity index (χ2n) is 6.83. The van der Waals surface area contributed by atoms with Crippen molar-refractivity contribution in [2.75, 3.05) is 19.8 Å². The number of carbonyl (C=O) groups is 1. The Morgan fingerprint density at radius 2 is 1.79 bits per heavy atom. The maximum absolute atomic E-state index is 11.4. The number of ether oxygens (including phenoxy) is 2. The molecule has 1 aromatic heterocycles. The molecule has 0 bridgehead atoms. The Kier molecular flexibility index (Phi) is 15.5. The summed E-state index contributed by atoms with van der Waals surface area (Å²) in [5.74, 6) is 0.584. The fourth-order valence-corrected chi connectivity index (χ4v) is 2.61.